The summed E-state index contributed by atoms with van der Waals surface area (Å²) in [6.07, 6.45) is -5.78. The van der Waals surface area contributed by atoms with E-state index in [1.54, 1.807) is 0 Å². The third-order valence-corrected chi connectivity index (χ3v) is 3.75. The van der Waals surface area contributed by atoms with Crippen molar-refractivity contribution in [1.82, 2.24) is 0 Å². The number of aliphatic hydroxyl groups excluding tert-OH is 2. The third-order valence-electron chi connectivity index (χ3n) is 2.61. The molecule has 5 atom stereocenters. The average molecular weight is 350 g/mol. The summed E-state index contributed by atoms with van der Waals surface area (Å²) >= 11 is 0. The van der Waals surface area contributed by atoms with Crippen LogP contribution in [0.2, 0.25) is 0 Å². The molecule has 2 N–H and O–H groups in total. The Morgan fingerprint density at radius 3 is 2.05 bits per heavy atom. The molecule has 1 aliphatic rings. The Kier molecular flexibility index (Phi) is 6.08. The molecule has 1 fully saturated rings. The molecular weight excluding hydrogens is 332 g/mol. The van der Waals surface area contributed by atoms with Crippen LogP contribution in [-0.2, 0) is 38.1 Å². The first-order valence-corrected chi connectivity index (χ1v) is 9.35. The van der Waals surface area contributed by atoms with E-state index >= 15 is 0 Å². The fraction of sp³-hybridized carbons (Fsp3) is 1.00. The fourth-order valence-electron chi connectivity index (χ4n) is 1.73. The molecule has 0 spiro atoms. The molecule has 1 heterocycles. The second-order valence-electron chi connectivity index (χ2n) is 4.51. The molecule has 0 aromatic carbocycles. The van der Waals surface area contributed by atoms with Crippen LogP contribution in [0.25, 0.3) is 0 Å². The van der Waals surface area contributed by atoms with Gasteiger partial charge in [0, 0.05) is 7.11 Å². The highest BCUT2D eigenvalue weighted by Gasteiger charge is 2.47. The van der Waals surface area contributed by atoms with E-state index in [0.717, 1.165) is 12.5 Å². The second-order valence-corrected chi connectivity index (χ2v) is 7.76. The van der Waals surface area contributed by atoms with E-state index in [1.165, 1.54) is 7.11 Å². The highest BCUT2D eigenvalue weighted by Crippen LogP contribution is 2.25. The average Bonchev–Trinajstić information content (AvgIpc) is 2.31. The predicted octanol–water partition coefficient (Wildman–Crippen LogP) is -2.60. The molecule has 126 valence electrons. The van der Waals surface area contributed by atoms with Gasteiger partial charge < -0.3 is 19.7 Å². The normalized spacial score (nSPS) is 34.8. The van der Waals surface area contributed by atoms with E-state index in [9.17, 15) is 27.0 Å². The summed E-state index contributed by atoms with van der Waals surface area (Å²) in [6.45, 7) is -0.567. The van der Waals surface area contributed by atoms with Crippen LogP contribution >= 0.6 is 0 Å². The molecule has 12 heteroatoms. The SMILES string of the molecule is CO[C@@H]1O[C@@H](COS(C)(=O)=O)[C@@H](O)[C@@H](O)[C@H]1OS(C)(=O)=O. The molecule has 1 rings (SSSR count). The summed E-state index contributed by atoms with van der Waals surface area (Å²) in [5.41, 5.74) is 0. The molecule has 0 aliphatic carbocycles. The predicted molar refractivity (Wildman–Crippen MR) is 68.2 cm³/mol. The summed E-state index contributed by atoms with van der Waals surface area (Å²) in [5, 5.41) is 19.7. The summed E-state index contributed by atoms with van der Waals surface area (Å²) in [4.78, 5) is 0. The van der Waals surface area contributed by atoms with Crippen molar-refractivity contribution in [2.24, 2.45) is 0 Å². The van der Waals surface area contributed by atoms with Crippen LogP contribution in [0, 0.1) is 0 Å². The molecule has 0 unspecified atom stereocenters. The Morgan fingerprint density at radius 1 is 1.05 bits per heavy atom. The van der Waals surface area contributed by atoms with E-state index in [2.05, 4.69) is 8.37 Å². The van der Waals surface area contributed by atoms with Gasteiger partial charge in [-0.1, -0.05) is 0 Å². The van der Waals surface area contributed by atoms with Gasteiger partial charge in [0.2, 0.25) is 0 Å². The zero-order chi connectivity index (χ0) is 16.4. The van der Waals surface area contributed by atoms with E-state index in [4.69, 9.17) is 9.47 Å². The minimum Gasteiger partial charge on any atom is -0.387 e. The Hall–Kier alpha value is -0.340. The van der Waals surface area contributed by atoms with Gasteiger partial charge in [-0.15, -0.1) is 0 Å². The van der Waals surface area contributed by atoms with Crippen molar-refractivity contribution in [3.05, 3.63) is 0 Å². The molecule has 1 saturated heterocycles. The number of aliphatic hydroxyl groups is 2. The first-order chi connectivity index (χ1) is 9.44. The zero-order valence-electron chi connectivity index (χ0n) is 11.6. The van der Waals surface area contributed by atoms with Gasteiger partial charge in [-0.05, 0) is 0 Å². The van der Waals surface area contributed by atoms with Gasteiger partial charge in [-0.3, -0.25) is 8.37 Å². The minimum absolute atomic E-state index is 0.567. The Morgan fingerprint density at radius 2 is 1.62 bits per heavy atom. The maximum atomic E-state index is 11.1. The number of hydrogen-bond donors (Lipinski definition) is 2. The van der Waals surface area contributed by atoms with Gasteiger partial charge in [-0.25, -0.2) is 0 Å². The van der Waals surface area contributed by atoms with Gasteiger partial charge in [0.1, 0.15) is 18.3 Å². The van der Waals surface area contributed by atoms with E-state index < -0.39 is 57.5 Å². The smallest absolute Gasteiger partial charge is 0.264 e. The van der Waals surface area contributed by atoms with Crippen LogP contribution < -0.4 is 0 Å². The first-order valence-electron chi connectivity index (χ1n) is 5.71. The minimum atomic E-state index is -3.93. The second kappa shape index (κ2) is 6.83. The van der Waals surface area contributed by atoms with Crippen LogP contribution in [0.3, 0.4) is 0 Å². The Bertz CT molecular complexity index is 537. The van der Waals surface area contributed by atoms with Gasteiger partial charge in [0.05, 0.1) is 19.1 Å². The quantitative estimate of drug-likeness (QED) is 0.489. The van der Waals surface area contributed by atoms with Crippen molar-refractivity contribution in [3.63, 3.8) is 0 Å². The molecule has 0 saturated carbocycles. The topological polar surface area (TPSA) is 146 Å². The van der Waals surface area contributed by atoms with Crippen LogP contribution in [0.1, 0.15) is 0 Å². The van der Waals surface area contributed by atoms with Crippen molar-refractivity contribution in [2.45, 2.75) is 30.7 Å². The molecule has 0 bridgehead atoms. The molecular formula is C9H18O10S2. The van der Waals surface area contributed by atoms with Crippen molar-refractivity contribution < 1.29 is 44.9 Å². The van der Waals surface area contributed by atoms with Crippen LogP contribution in [0.5, 0.6) is 0 Å². The Labute approximate surface area is 122 Å². The van der Waals surface area contributed by atoms with Crippen LogP contribution in [-0.4, -0.2) is 84.0 Å². The lowest BCUT2D eigenvalue weighted by molar-refractivity contribution is -0.286. The number of ether oxygens (including phenoxy) is 2. The van der Waals surface area contributed by atoms with Crippen molar-refractivity contribution in [3.8, 4) is 0 Å². The molecule has 0 amide bonds. The Balaban J connectivity index is 2.84. The van der Waals surface area contributed by atoms with E-state index in [1.807, 2.05) is 0 Å². The highest BCUT2D eigenvalue weighted by atomic mass is 32.2. The highest BCUT2D eigenvalue weighted by molar-refractivity contribution is 7.86. The van der Waals surface area contributed by atoms with Crippen molar-refractivity contribution in [2.75, 3.05) is 26.2 Å². The third kappa shape index (κ3) is 5.75. The summed E-state index contributed by atoms with van der Waals surface area (Å²) in [5.74, 6) is 0. The summed E-state index contributed by atoms with van der Waals surface area (Å²) in [6, 6.07) is 0. The van der Waals surface area contributed by atoms with E-state index in [0.29, 0.717) is 0 Å². The summed E-state index contributed by atoms with van der Waals surface area (Å²) in [7, 11) is -6.54. The lowest BCUT2D eigenvalue weighted by Gasteiger charge is -2.40. The van der Waals surface area contributed by atoms with Crippen molar-refractivity contribution >= 4 is 20.2 Å². The number of hydrogen-bond acceptors (Lipinski definition) is 10. The number of rotatable bonds is 6. The van der Waals surface area contributed by atoms with Crippen LogP contribution in [0.4, 0.5) is 0 Å². The monoisotopic (exact) mass is 350 g/mol. The van der Waals surface area contributed by atoms with Gasteiger partial charge in [0.15, 0.2) is 12.4 Å². The maximum absolute atomic E-state index is 11.1. The van der Waals surface area contributed by atoms with Gasteiger partial charge >= 0.3 is 0 Å². The lowest BCUT2D eigenvalue weighted by Crippen LogP contribution is -2.60. The van der Waals surface area contributed by atoms with Gasteiger partial charge in [0.25, 0.3) is 20.2 Å². The maximum Gasteiger partial charge on any atom is 0.264 e. The van der Waals surface area contributed by atoms with Crippen molar-refractivity contribution in [1.29, 1.82) is 0 Å². The fourth-order valence-corrected chi connectivity index (χ4v) is 2.72. The largest absolute Gasteiger partial charge is 0.387 e. The molecule has 1 aliphatic heterocycles. The zero-order valence-corrected chi connectivity index (χ0v) is 13.2. The standard InChI is InChI=1S/C9H18O10S2/c1-16-9-8(19-21(3,14)15)7(11)6(10)5(18-9)4-17-20(2,12)13/h5-11H,4H2,1-3H3/t5-,6+,7+,8+,9+/m0/s1. The number of methoxy groups -OCH3 is 1. The first kappa shape index (κ1) is 18.7. The summed E-state index contributed by atoms with van der Waals surface area (Å²) < 4.78 is 63.2. The van der Waals surface area contributed by atoms with Gasteiger partial charge in [-0.2, -0.15) is 16.8 Å². The molecule has 10 nitrogen and oxygen atoms in total. The molecule has 0 radical (unpaired) electrons. The van der Waals surface area contributed by atoms with Crippen LogP contribution in [0.15, 0.2) is 0 Å². The molecule has 0 aromatic heterocycles. The van der Waals surface area contributed by atoms with E-state index in [-0.39, 0.29) is 0 Å². The lowest BCUT2D eigenvalue weighted by atomic mass is 9.99. The molecule has 0 aromatic rings. The molecule has 21 heavy (non-hydrogen) atoms.